The lowest BCUT2D eigenvalue weighted by atomic mass is 9.98. The van der Waals surface area contributed by atoms with Gasteiger partial charge in [0.25, 0.3) is 5.91 Å². The summed E-state index contributed by atoms with van der Waals surface area (Å²) in [6, 6.07) is 24.8. The molecular formula is C26H23NO3. The SMILES string of the molecule is COC(=O)/C(=C/C1c2ccccc2C(=O)N1Cc1ccccc1)c1ccc(C)cc1. The van der Waals surface area contributed by atoms with Crippen molar-refractivity contribution in [3.05, 3.63) is 113 Å². The number of esters is 1. The molecular weight excluding hydrogens is 374 g/mol. The zero-order valence-corrected chi connectivity index (χ0v) is 17.0. The number of hydrogen-bond donors (Lipinski definition) is 0. The number of aryl methyl sites for hydroxylation is 1. The maximum atomic E-state index is 13.2. The quantitative estimate of drug-likeness (QED) is 0.452. The number of carbonyl (C=O) groups is 2. The van der Waals surface area contributed by atoms with Crippen LogP contribution in [0, 0.1) is 6.92 Å². The van der Waals surface area contributed by atoms with Crippen LogP contribution >= 0.6 is 0 Å². The second kappa shape index (κ2) is 8.37. The summed E-state index contributed by atoms with van der Waals surface area (Å²) in [5.74, 6) is -0.459. The van der Waals surface area contributed by atoms with Crippen LogP contribution in [-0.2, 0) is 16.1 Å². The molecule has 3 aromatic carbocycles. The molecule has 1 atom stereocenters. The van der Waals surface area contributed by atoms with E-state index in [1.165, 1.54) is 7.11 Å². The van der Waals surface area contributed by atoms with Gasteiger partial charge >= 0.3 is 5.97 Å². The van der Waals surface area contributed by atoms with Gasteiger partial charge < -0.3 is 9.64 Å². The molecule has 0 aromatic heterocycles. The number of amides is 1. The highest BCUT2D eigenvalue weighted by Crippen LogP contribution is 2.37. The van der Waals surface area contributed by atoms with Gasteiger partial charge in [-0.3, -0.25) is 4.79 Å². The molecule has 4 heteroatoms. The van der Waals surface area contributed by atoms with Crippen molar-refractivity contribution in [3.63, 3.8) is 0 Å². The van der Waals surface area contributed by atoms with Gasteiger partial charge in [0.2, 0.25) is 0 Å². The van der Waals surface area contributed by atoms with Gasteiger partial charge in [0.1, 0.15) is 0 Å². The first-order valence-electron chi connectivity index (χ1n) is 9.89. The van der Waals surface area contributed by atoms with Crippen LogP contribution in [0.1, 0.15) is 38.7 Å². The average molecular weight is 397 g/mol. The van der Waals surface area contributed by atoms with E-state index in [1.807, 2.05) is 91.9 Å². The van der Waals surface area contributed by atoms with E-state index in [1.54, 1.807) is 4.90 Å². The first kappa shape index (κ1) is 19.6. The third kappa shape index (κ3) is 3.77. The molecule has 3 aromatic rings. The number of ether oxygens (including phenoxy) is 1. The topological polar surface area (TPSA) is 46.6 Å². The van der Waals surface area contributed by atoms with E-state index in [4.69, 9.17) is 4.74 Å². The van der Waals surface area contributed by atoms with Gasteiger partial charge in [-0.25, -0.2) is 4.79 Å². The lowest BCUT2D eigenvalue weighted by Crippen LogP contribution is -2.27. The predicted molar refractivity (Wildman–Crippen MR) is 117 cm³/mol. The number of benzene rings is 3. The molecule has 1 heterocycles. The fraction of sp³-hybridized carbons (Fsp3) is 0.154. The Balaban J connectivity index is 1.81. The Morgan fingerprint density at radius 3 is 2.33 bits per heavy atom. The molecule has 4 nitrogen and oxygen atoms in total. The molecule has 30 heavy (non-hydrogen) atoms. The number of fused-ring (bicyclic) bond motifs is 1. The minimum Gasteiger partial charge on any atom is -0.465 e. The third-order valence-electron chi connectivity index (χ3n) is 5.39. The smallest absolute Gasteiger partial charge is 0.338 e. The van der Waals surface area contributed by atoms with Crippen LogP contribution in [0.5, 0.6) is 0 Å². The van der Waals surface area contributed by atoms with Crippen molar-refractivity contribution in [1.29, 1.82) is 0 Å². The van der Waals surface area contributed by atoms with Crippen LogP contribution in [-0.4, -0.2) is 23.9 Å². The van der Waals surface area contributed by atoms with Crippen LogP contribution in [0.25, 0.3) is 5.57 Å². The second-order valence-electron chi connectivity index (χ2n) is 7.39. The lowest BCUT2D eigenvalue weighted by molar-refractivity contribution is -0.133. The Bertz CT molecular complexity index is 1100. The van der Waals surface area contributed by atoms with Crippen LogP contribution in [0.3, 0.4) is 0 Å². The molecule has 0 N–H and O–H groups in total. The minimum absolute atomic E-state index is 0.0381. The van der Waals surface area contributed by atoms with Crippen molar-refractivity contribution in [2.24, 2.45) is 0 Å². The Kier molecular flexibility index (Phi) is 5.48. The van der Waals surface area contributed by atoms with Crippen molar-refractivity contribution in [2.45, 2.75) is 19.5 Å². The molecule has 0 saturated carbocycles. The standard InChI is InChI=1S/C26H23NO3/c1-18-12-14-20(15-13-18)23(26(29)30-2)16-24-21-10-6-7-11-22(21)25(28)27(24)17-19-8-4-3-5-9-19/h3-16,24H,17H2,1-2H3/b23-16+. The normalized spacial score (nSPS) is 15.8. The van der Waals surface area contributed by atoms with Crippen LogP contribution in [0.2, 0.25) is 0 Å². The average Bonchev–Trinajstić information content (AvgIpc) is 3.04. The summed E-state index contributed by atoms with van der Waals surface area (Å²) >= 11 is 0. The van der Waals surface area contributed by atoms with E-state index in [0.717, 1.165) is 22.3 Å². The molecule has 0 spiro atoms. The summed E-state index contributed by atoms with van der Waals surface area (Å²) < 4.78 is 5.06. The summed E-state index contributed by atoms with van der Waals surface area (Å²) in [4.78, 5) is 27.6. The highest BCUT2D eigenvalue weighted by Gasteiger charge is 2.36. The monoisotopic (exact) mass is 397 g/mol. The minimum atomic E-state index is -0.421. The molecule has 150 valence electrons. The molecule has 0 aliphatic carbocycles. The molecule has 4 rings (SSSR count). The van der Waals surface area contributed by atoms with Gasteiger partial charge in [-0.05, 0) is 35.8 Å². The largest absolute Gasteiger partial charge is 0.465 e. The Labute approximate surface area is 176 Å². The number of methoxy groups -OCH3 is 1. The van der Waals surface area contributed by atoms with E-state index in [9.17, 15) is 9.59 Å². The zero-order valence-electron chi connectivity index (χ0n) is 17.0. The van der Waals surface area contributed by atoms with E-state index in [-0.39, 0.29) is 11.9 Å². The van der Waals surface area contributed by atoms with Gasteiger partial charge in [0, 0.05) is 12.1 Å². The molecule has 1 amide bonds. The Morgan fingerprint density at radius 2 is 1.63 bits per heavy atom. The van der Waals surface area contributed by atoms with E-state index < -0.39 is 5.97 Å². The van der Waals surface area contributed by atoms with Gasteiger partial charge in [0.05, 0.1) is 18.7 Å². The second-order valence-corrected chi connectivity index (χ2v) is 7.39. The zero-order chi connectivity index (χ0) is 21.1. The maximum Gasteiger partial charge on any atom is 0.338 e. The first-order chi connectivity index (χ1) is 14.6. The fourth-order valence-corrected chi connectivity index (χ4v) is 3.81. The molecule has 0 fully saturated rings. The van der Waals surface area contributed by atoms with Crippen molar-refractivity contribution < 1.29 is 14.3 Å². The van der Waals surface area contributed by atoms with Crippen molar-refractivity contribution >= 4 is 17.4 Å². The number of carbonyl (C=O) groups excluding carboxylic acids is 2. The van der Waals surface area contributed by atoms with Gasteiger partial charge in [-0.2, -0.15) is 0 Å². The van der Waals surface area contributed by atoms with Gasteiger partial charge in [0.15, 0.2) is 0 Å². The summed E-state index contributed by atoms with van der Waals surface area (Å²) in [5, 5.41) is 0. The van der Waals surface area contributed by atoms with Crippen LogP contribution in [0.15, 0.2) is 84.9 Å². The summed E-state index contributed by atoms with van der Waals surface area (Å²) in [7, 11) is 1.37. The third-order valence-corrected chi connectivity index (χ3v) is 5.39. The van der Waals surface area contributed by atoms with Crippen LogP contribution < -0.4 is 0 Å². The van der Waals surface area contributed by atoms with Crippen molar-refractivity contribution in [2.75, 3.05) is 7.11 Å². The summed E-state index contributed by atoms with van der Waals surface area (Å²) in [6.07, 6.45) is 1.85. The highest BCUT2D eigenvalue weighted by molar-refractivity contribution is 6.16. The summed E-state index contributed by atoms with van der Waals surface area (Å²) in [5.41, 5.74) is 4.92. The van der Waals surface area contributed by atoms with Crippen LogP contribution in [0.4, 0.5) is 0 Å². The first-order valence-corrected chi connectivity index (χ1v) is 9.89. The molecule has 1 aliphatic rings. The number of nitrogens with zero attached hydrogens (tertiary/aromatic N) is 1. The number of hydrogen-bond acceptors (Lipinski definition) is 3. The Hall–Kier alpha value is -3.66. The lowest BCUT2D eigenvalue weighted by Gasteiger charge is -2.24. The number of rotatable bonds is 5. The summed E-state index contributed by atoms with van der Waals surface area (Å²) in [6.45, 7) is 2.46. The molecule has 0 radical (unpaired) electrons. The molecule has 1 unspecified atom stereocenters. The van der Waals surface area contributed by atoms with Gasteiger partial charge in [-0.15, -0.1) is 0 Å². The van der Waals surface area contributed by atoms with Gasteiger partial charge in [-0.1, -0.05) is 78.4 Å². The Morgan fingerprint density at radius 1 is 0.967 bits per heavy atom. The highest BCUT2D eigenvalue weighted by atomic mass is 16.5. The molecule has 0 bridgehead atoms. The molecule has 1 aliphatic heterocycles. The fourth-order valence-electron chi connectivity index (χ4n) is 3.81. The maximum absolute atomic E-state index is 13.2. The van der Waals surface area contributed by atoms with E-state index in [2.05, 4.69) is 0 Å². The van der Waals surface area contributed by atoms with E-state index >= 15 is 0 Å². The predicted octanol–water partition coefficient (Wildman–Crippen LogP) is 4.95. The molecule has 0 saturated heterocycles. The van der Waals surface area contributed by atoms with Crippen molar-refractivity contribution in [3.8, 4) is 0 Å². The van der Waals surface area contributed by atoms with Crippen molar-refractivity contribution in [1.82, 2.24) is 4.90 Å². The van der Waals surface area contributed by atoms with E-state index in [0.29, 0.717) is 17.7 Å².